The van der Waals surface area contributed by atoms with E-state index in [9.17, 15) is 19.6 Å². The number of halogens is 1. The van der Waals surface area contributed by atoms with Gasteiger partial charge in [-0.2, -0.15) is 5.26 Å². The third-order valence-corrected chi connectivity index (χ3v) is 4.01. The van der Waals surface area contributed by atoms with Crippen LogP contribution in [0.5, 0.6) is 11.5 Å². The zero-order chi connectivity index (χ0) is 19.6. The lowest BCUT2D eigenvalue weighted by Gasteiger charge is -2.10. The summed E-state index contributed by atoms with van der Waals surface area (Å²) >= 11 is 0. The van der Waals surface area contributed by atoms with Crippen LogP contribution < -0.4 is 4.74 Å². The van der Waals surface area contributed by atoms with Crippen LogP contribution in [0.1, 0.15) is 15.9 Å². The van der Waals surface area contributed by atoms with E-state index in [-0.39, 0.29) is 22.6 Å². The van der Waals surface area contributed by atoms with Gasteiger partial charge in [0.15, 0.2) is 11.6 Å². The number of rotatable bonds is 4. The highest BCUT2D eigenvalue weighted by atomic mass is 19.1. The number of aromatic nitrogens is 1. The molecule has 0 amide bonds. The van der Waals surface area contributed by atoms with E-state index in [0.29, 0.717) is 16.7 Å². The molecular weight excluding hydrogens is 351 g/mol. The van der Waals surface area contributed by atoms with Gasteiger partial charge in [0, 0.05) is 5.56 Å². The quantitative estimate of drug-likeness (QED) is 0.729. The molecule has 3 rings (SSSR count). The third-order valence-electron chi connectivity index (χ3n) is 4.01. The number of carbonyl (C=O) groups is 1. The first-order valence-corrected chi connectivity index (χ1v) is 7.75. The van der Waals surface area contributed by atoms with Gasteiger partial charge in [-0.15, -0.1) is 0 Å². The maximum Gasteiger partial charge on any atom is 0.339 e. The summed E-state index contributed by atoms with van der Waals surface area (Å²) in [6, 6.07) is 12.5. The lowest BCUT2D eigenvalue weighted by atomic mass is 9.96. The molecular formula is C20H13FN2O4. The Labute approximate surface area is 153 Å². The number of hydrogen-bond donors (Lipinski definition) is 2. The molecule has 0 aliphatic carbocycles. The van der Waals surface area contributed by atoms with Gasteiger partial charge in [0.25, 0.3) is 0 Å². The van der Waals surface area contributed by atoms with Crippen LogP contribution in [-0.4, -0.2) is 28.3 Å². The van der Waals surface area contributed by atoms with Gasteiger partial charge in [-0.05, 0) is 35.4 Å². The van der Waals surface area contributed by atoms with E-state index in [4.69, 9.17) is 9.84 Å². The Balaban J connectivity index is 2.08. The first-order chi connectivity index (χ1) is 12.9. The number of aromatic hydroxyl groups is 1. The first-order valence-electron chi connectivity index (χ1n) is 7.75. The molecule has 1 aromatic heterocycles. The predicted molar refractivity (Wildman–Crippen MR) is 95.0 cm³/mol. The Bertz CT molecular complexity index is 1090. The minimum absolute atomic E-state index is 0.100. The maximum absolute atomic E-state index is 14.0. The van der Waals surface area contributed by atoms with E-state index < -0.39 is 17.5 Å². The molecule has 0 bridgehead atoms. The van der Waals surface area contributed by atoms with Gasteiger partial charge in [0.1, 0.15) is 11.3 Å². The lowest BCUT2D eigenvalue weighted by Crippen LogP contribution is -1.99. The largest absolute Gasteiger partial charge is 0.505 e. The molecule has 1 heterocycles. The van der Waals surface area contributed by atoms with Gasteiger partial charge >= 0.3 is 5.97 Å². The molecule has 27 heavy (non-hydrogen) atoms. The Hall–Kier alpha value is -3.92. The Morgan fingerprint density at radius 2 is 1.93 bits per heavy atom. The second-order valence-corrected chi connectivity index (χ2v) is 5.61. The number of aromatic carboxylic acids is 1. The van der Waals surface area contributed by atoms with E-state index in [1.807, 2.05) is 0 Å². The number of carboxylic acid groups (broad SMARTS) is 1. The highest BCUT2D eigenvalue weighted by molar-refractivity contribution is 5.92. The Kier molecular flexibility index (Phi) is 4.73. The van der Waals surface area contributed by atoms with Gasteiger partial charge in [-0.3, -0.25) is 4.98 Å². The summed E-state index contributed by atoms with van der Waals surface area (Å²) in [6.45, 7) is 0. The first kappa shape index (κ1) is 17.9. The number of benzene rings is 2. The molecule has 3 aromatic rings. The maximum atomic E-state index is 14.0. The molecule has 0 radical (unpaired) electrons. The van der Waals surface area contributed by atoms with Crippen LogP contribution >= 0.6 is 0 Å². The third kappa shape index (κ3) is 3.41. The summed E-state index contributed by atoms with van der Waals surface area (Å²) < 4.78 is 18.9. The van der Waals surface area contributed by atoms with Crippen molar-refractivity contribution in [2.45, 2.75) is 0 Å². The van der Waals surface area contributed by atoms with Crippen LogP contribution in [0.3, 0.4) is 0 Å². The Morgan fingerprint density at radius 3 is 2.56 bits per heavy atom. The summed E-state index contributed by atoms with van der Waals surface area (Å²) in [5.41, 5.74) is 1.77. The second kappa shape index (κ2) is 7.14. The molecule has 0 atom stereocenters. The number of nitrogens with zero attached hydrogens (tertiary/aromatic N) is 2. The molecule has 134 valence electrons. The van der Waals surface area contributed by atoms with Crippen molar-refractivity contribution >= 4 is 5.97 Å². The summed E-state index contributed by atoms with van der Waals surface area (Å²) in [5, 5.41) is 28.2. The van der Waals surface area contributed by atoms with Crippen molar-refractivity contribution in [3.63, 3.8) is 0 Å². The average Bonchev–Trinajstić information content (AvgIpc) is 2.67. The van der Waals surface area contributed by atoms with Crippen LogP contribution in [0.15, 0.2) is 48.7 Å². The number of carboxylic acids is 1. The van der Waals surface area contributed by atoms with E-state index in [1.165, 1.54) is 31.4 Å². The molecule has 0 spiro atoms. The smallest absolute Gasteiger partial charge is 0.339 e. The number of ether oxygens (including phenoxy) is 1. The summed E-state index contributed by atoms with van der Waals surface area (Å²) in [7, 11) is 1.36. The minimum atomic E-state index is -1.29. The van der Waals surface area contributed by atoms with Gasteiger partial charge in [-0.1, -0.05) is 18.2 Å². The van der Waals surface area contributed by atoms with Gasteiger partial charge in [0.2, 0.25) is 0 Å². The highest BCUT2D eigenvalue weighted by Gasteiger charge is 2.14. The van der Waals surface area contributed by atoms with Crippen molar-refractivity contribution in [1.29, 1.82) is 5.26 Å². The molecule has 2 N–H and O–H groups in total. The van der Waals surface area contributed by atoms with Gasteiger partial charge in [0.05, 0.1) is 30.6 Å². The fourth-order valence-electron chi connectivity index (χ4n) is 2.66. The van der Waals surface area contributed by atoms with Crippen molar-refractivity contribution < 1.29 is 24.1 Å². The molecule has 6 nitrogen and oxygen atoms in total. The van der Waals surface area contributed by atoms with Crippen LogP contribution in [0.2, 0.25) is 0 Å². The standard InChI is InChI=1S/C20H13FN2O4/c1-27-19-5-3-11(7-16(19)21)14-4-2-12(6-13(14)9-22)17-8-15(20(25)26)18(24)10-23-17/h2-8,10,24H,1H3,(H,25,26). The minimum Gasteiger partial charge on any atom is -0.505 e. The van der Waals surface area contributed by atoms with E-state index in [1.54, 1.807) is 18.2 Å². The average molecular weight is 364 g/mol. The van der Waals surface area contributed by atoms with E-state index in [2.05, 4.69) is 11.1 Å². The Morgan fingerprint density at radius 1 is 1.19 bits per heavy atom. The normalized spacial score (nSPS) is 10.3. The molecule has 0 aliphatic rings. The molecule has 0 saturated heterocycles. The van der Waals surface area contributed by atoms with Crippen molar-refractivity contribution in [1.82, 2.24) is 4.98 Å². The predicted octanol–water partition coefficient (Wildman–Crippen LogP) is 3.84. The van der Waals surface area contributed by atoms with Gasteiger partial charge in [-0.25, -0.2) is 9.18 Å². The number of pyridine rings is 1. The fraction of sp³-hybridized carbons (Fsp3) is 0.0500. The SMILES string of the molecule is COc1ccc(-c2ccc(-c3cc(C(=O)O)c(O)cn3)cc2C#N)cc1F. The van der Waals surface area contributed by atoms with Crippen molar-refractivity contribution in [2.24, 2.45) is 0 Å². The molecule has 0 unspecified atom stereocenters. The fourth-order valence-corrected chi connectivity index (χ4v) is 2.66. The zero-order valence-corrected chi connectivity index (χ0v) is 14.1. The van der Waals surface area contributed by atoms with Crippen LogP contribution in [0, 0.1) is 17.1 Å². The van der Waals surface area contributed by atoms with Crippen LogP contribution in [0.25, 0.3) is 22.4 Å². The summed E-state index contributed by atoms with van der Waals surface area (Å²) in [4.78, 5) is 15.2. The van der Waals surface area contributed by atoms with Crippen LogP contribution in [-0.2, 0) is 0 Å². The monoisotopic (exact) mass is 364 g/mol. The topological polar surface area (TPSA) is 103 Å². The molecule has 7 heteroatoms. The molecule has 0 saturated carbocycles. The van der Waals surface area contributed by atoms with Crippen molar-refractivity contribution in [3.8, 4) is 40.0 Å². The summed E-state index contributed by atoms with van der Waals surface area (Å²) in [5.74, 6) is -2.18. The zero-order valence-electron chi connectivity index (χ0n) is 14.1. The van der Waals surface area contributed by atoms with Gasteiger partial charge < -0.3 is 14.9 Å². The van der Waals surface area contributed by atoms with Crippen molar-refractivity contribution in [2.75, 3.05) is 7.11 Å². The number of hydrogen-bond acceptors (Lipinski definition) is 5. The summed E-state index contributed by atoms with van der Waals surface area (Å²) in [6.07, 6.45) is 1.04. The van der Waals surface area contributed by atoms with Crippen molar-refractivity contribution in [3.05, 3.63) is 65.6 Å². The molecule has 0 fully saturated rings. The number of methoxy groups -OCH3 is 1. The van der Waals surface area contributed by atoms with E-state index in [0.717, 1.165) is 6.20 Å². The van der Waals surface area contributed by atoms with E-state index >= 15 is 0 Å². The lowest BCUT2D eigenvalue weighted by molar-refractivity contribution is 0.0693. The highest BCUT2D eigenvalue weighted by Crippen LogP contribution is 2.31. The molecule has 0 aliphatic heterocycles. The number of nitriles is 1. The van der Waals surface area contributed by atoms with Crippen LogP contribution in [0.4, 0.5) is 4.39 Å². The molecule has 2 aromatic carbocycles. The second-order valence-electron chi connectivity index (χ2n) is 5.61.